The number of anilines is 1. The number of carbonyl (C=O) groups is 3. The van der Waals surface area contributed by atoms with Gasteiger partial charge in [0.1, 0.15) is 6.17 Å². The third-order valence-electron chi connectivity index (χ3n) is 5.64. The van der Waals surface area contributed by atoms with Gasteiger partial charge in [0.05, 0.1) is 25.9 Å². The number of Topliss-reactive ketones (excluding diaryl/α,β-unsaturated/α-hetero) is 1. The van der Waals surface area contributed by atoms with Gasteiger partial charge in [-0.15, -0.1) is 0 Å². The lowest BCUT2D eigenvalue weighted by atomic mass is 9.80. The molecule has 7 nitrogen and oxygen atoms in total. The average Bonchev–Trinajstić information content (AvgIpc) is 2.78. The number of nitrogens with zero attached hydrogens (tertiary/aromatic N) is 2. The van der Waals surface area contributed by atoms with E-state index in [1.54, 1.807) is 6.07 Å². The van der Waals surface area contributed by atoms with E-state index >= 15 is 0 Å². The summed E-state index contributed by atoms with van der Waals surface area (Å²) in [5.41, 5.74) is 3.47. The molecule has 0 aromatic heterocycles. The highest BCUT2D eigenvalue weighted by Crippen LogP contribution is 2.50. The van der Waals surface area contributed by atoms with Crippen LogP contribution in [0.3, 0.4) is 0 Å². The number of hydrogen-bond donors (Lipinski definition) is 0. The molecule has 2 aliphatic heterocycles. The van der Waals surface area contributed by atoms with Gasteiger partial charge in [-0.3, -0.25) is 14.6 Å². The standard InChI is InChI=1S/C23H22N2O5/c1-14(26)20-17(15-9-5-4-6-10-15)13-19-16-11-7-8-12-18(16)24(22(27)29-2)21(20)25(19)23(28)30-3/h4-12,19,21H,13H2,1-3H3. The topological polar surface area (TPSA) is 76.2 Å². The minimum absolute atomic E-state index is 0.223. The van der Waals surface area contributed by atoms with Crippen LogP contribution in [0.25, 0.3) is 5.57 Å². The zero-order valence-electron chi connectivity index (χ0n) is 17.0. The Labute approximate surface area is 174 Å². The number of rotatable bonds is 2. The molecule has 2 amide bonds. The number of methoxy groups -OCH3 is 2. The first-order chi connectivity index (χ1) is 14.5. The van der Waals surface area contributed by atoms with Crippen molar-refractivity contribution in [2.24, 2.45) is 0 Å². The van der Waals surface area contributed by atoms with E-state index < -0.39 is 24.4 Å². The maximum atomic E-state index is 12.9. The number of amides is 2. The number of ketones is 1. The van der Waals surface area contributed by atoms with E-state index in [9.17, 15) is 14.4 Å². The van der Waals surface area contributed by atoms with Crippen molar-refractivity contribution < 1.29 is 23.9 Å². The van der Waals surface area contributed by atoms with Gasteiger partial charge in [0.15, 0.2) is 5.78 Å². The van der Waals surface area contributed by atoms with Gasteiger partial charge in [-0.25, -0.2) is 9.59 Å². The van der Waals surface area contributed by atoms with Gasteiger partial charge >= 0.3 is 12.2 Å². The summed E-state index contributed by atoms with van der Waals surface area (Å²) in [5.74, 6) is -0.223. The molecule has 0 radical (unpaired) electrons. The lowest BCUT2D eigenvalue weighted by Gasteiger charge is -2.51. The molecule has 2 unspecified atom stereocenters. The molecule has 2 aromatic carbocycles. The summed E-state index contributed by atoms with van der Waals surface area (Å²) < 4.78 is 10.1. The molecule has 0 saturated carbocycles. The quantitative estimate of drug-likeness (QED) is 0.749. The van der Waals surface area contributed by atoms with E-state index in [1.165, 1.54) is 30.9 Å². The first kappa shape index (κ1) is 19.7. The second-order valence-corrected chi connectivity index (χ2v) is 7.18. The Morgan fingerprint density at radius 1 is 0.900 bits per heavy atom. The van der Waals surface area contributed by atoms with Crippen LogP contribution in [0.2, 0.25) is 0 Å². The van der Waals surface area contributed by atoms with Gasteiger partial charge in [-0.1, -0.05) is 48.5 Å². The van der Waals surface area contributed by atoms with E-state index in [2.05, 4.69) is 0 Å². The molecule has 2 aliphatic rings. The van der Waals surface area contributed by atoms with E-state index in [1.807, 2.05) is 48.5 Å². The summed E-state index contributed by atoms with van der Waals surface area (Å²) in [4.78, 5) is 41.5. The van der Waals surface area contributed by atoms with Crippen molar-refractivity contribution in [3.05, 3.63) is 71.3 Å². The van der Waals surface area contributed by atoms with E-state index in [-0.39, 0.29) is 5.78 Å². The summed E-state index contributed by atoms with van der Waals surface area (Å²) in [6.07, 6.45) is -1.81. The number of carbonyl (C=O) groups excluding carboxylic acids is 3. The maximum absolute atomic E-state index is 12.9. The highest BCUT2D eigenvalue weighted by molar-refractivity contribution is 6.07. The Kier molecular flexibility index (Phi) is 5.03. The Balaban J connectivity index is 2.04. The zero-order chi connectivity index (χ0) is 21.4. The van der Waals surface area contributed by atoms with Crippen LogP contribution in [0, 0.1) is 0 Å². The normalized spacial score (nSPS) is 19.8. The van der Waals surface area contributed by atoms with Gasteiger partial charge in [0, 0.05) is 5.57 Å². The lowest BCUT2D eigenvalue weighted by Crippen LogP contribution is -2.61. The first-order valence-electron chi connectivity index (χ1n) is 9.61. The molecule has 2 heterocycles. The fourth-order valence-corrected chi connectivity index (χ4v) is 4.44. The van der Waals surface area contributed by atoms with Gasteiger partial charge in [-0.05, 0) is 36.1 Å². The summed E-state index contributed by atoms with van der Waals surface area (Å²) in [6.45, 7) is 1.45. The SMILES string of the molecule is COC(=O)N1c2ccccc2C2CC(c3ccccc3)=C(C(C)=O)C1N2C(=O)OC. The molecule has 2 bridgehead atoms. The maximum Gasteiger partial charge on any atom is 0.416 e. The molecule has 0 fully saturated rings. The highest BCUT2D eigenvalue weighted by atomic mass is 16.6. The summed E-state index contributed by atoms with van der Waals surface area (Å²) in [5, 5.41) is 0. The van der Waals surface area contributed by atoms with Crippen LogP contribution >= 0.6 is 0 Å². The van der Waals surface area contributed by atoms with Crippen molar-refractivity contribution in [2.75, 3.05) is 19.1 Å². The van der Waals surface area contributed by atoms with Crippen LogP contribution in [0.15, 0.2) is 60.2 Å². The smallest absolute Gasteiger partial charge is 0.416 e. The monoisotopic (exact) mass is 406 g/mol. The predicted molar refractivity (Wildman–Crippen MR) is 111 cm³/mol. The third-order valence-corrected chi connectivity index (χ3v) is 5.64. The van der Waals surface area contributed by atoms with Crippen molar-refractivity contribution in [1.82, 2.24) is 4.90 Å². The predicted octanol–water partition coefficient (Wildman–Crippen LogP) is 4.16. The van der Waals surface area contributed by atoms with Crippen molar-refractivity contribution in [3.63, 3.8) is 0 Å². The number of fused-ring (bicyclic) bond motifs is 4. The minimum Gasteiger partial charge on any atom is -0.453 e. The van der Waals surface area contributed by atoms with Crippen molar-refractivity contribution in [2.45, 2.75) is 25.6 Å². The second-order valence-electron chi connectivity index (χ2n) is 7.18. The summed E-state index contributed by atoms with van der Waals surface area (Å²) in [6, 6.07) is 16.5. The molecule has 0 spiro atoms. The van der Waals surface area contributed by atoms with Crippen molar-refractivity contribution in [3.8, 4) is 0 Å². The molecule has 2 aromatic rings. The largest absolute Gasteiger partial charge is 0.453 e. The average molecular weight is 406 g/mol. The van der Waals surface area contributed by atoms with Crippen LogP contribution in [-0.2, 0) is 14.3 Å². The van der Waals surface area contributed by atoms with Crippen LogP contribution < -0.4 is 4.90 Å². The molecular formula is C23H22N2O5. The Hall–Kier alpha value is -3.61. The Morgan fingerprint density at radius 2 is 1.53 bits per heavy atom. The fraction of sp³-hybridized carbons (Fsp3) is 0.261. The van der Waals surface area contributed by atoms with E-state index in [0.29, 0.717) is 17.7 Å². The summed E-state index contributed by atoms with van der Waals surface area (Å²) in [7, 11) is 2.56. The minimum atomic E-state index is -0.966. The zero-order valence-corrected chi connectivity index (χ0v) is 17.0. The number of ether oxygens (including phenoxy) is 2. The van der Waals surface area contributed by atoms with Crippen molar-refractivity contribution in [1.29, 1.82) is 0 Å². The van der Waals surface area contributed by atoms with Gasteiger partial charge < -0.3 is 9.47 Å². The molecule has 154 valence electrons. The van der Waals surface area contributed by atoms with Crippen LogP contribution in [0.1, 0.15) is 30.5 Å². The van der Waals surface area contributed by atoms with Gasteiger partial charge in [0.25, 0.3) is 0 Å². The molecule has 0 saturated heterocycles. The molecule has 4 rings (SSSR count). The van der Waals surface area contributed by atoms with Crippen LogP contribution in [0.5, 0.6) is 0 Å². The summed E-state index contributed by atoms with van der Waals surface area (Å²) >= 11 is 0. The molecule has 2 atom stereocenters. The first-order valence-corrected chi connectivity index (χ1v) is 9.61. The Morgan fingerprint density at radius 3 is 2.17 bits per heavy atom. The molecular weight excluding hydrogens is 384 g/mol. The number of hydrogen-bond acceptors (Lipinski definition) is 5. The van der Waals surface area contributed by atoms with E-state index in [4.69, 9.17) is 9.47 Å². The van der Waals surface area contributed by atoms with Gasteiger partial charge in [-0.2, -0.15) is 0 Å². The van der Waals surface area contributed by atoms with Crippen LogP contribution in [-0.4, -0.2) is 43.3 Å². The highest BCUT2D eigenvalue weighted by Gasteiger charge is 2.51. The lowest BCUT2D eigenvalue weighted by molar-refractivity contribution is -0.114. The second kappa shape index (κ2) is 7.67. The number of benzene rings is 2. The molecule has 7 heteroatoms. The fourth-order valence-electron chi connectivity index (χ4n) is 4.44. The third kappa shape index (κ3) is 2.94. The molecule has 30 heavy (non-hydrogen) atoms. The van der Waals surface area contributed by atoms with Gasteiger partial charge in [0.2, 0.25) is 0 Å². The molecule has 0 aliphatic carbocycles. The number of para-hydroxylation sites is 1. The van der Waals surface area contributed by atoms with Crippen LogP contribution in [0.4, 0.5) is 15.3 Å². The van der Waals surface area contributed by atoms with Crippen molar-refractivity contribution >= 4 is 29.2 Å². The van der Waals surface area contributed by atoms with E-state index in [0.717, 1.165) is 16.7 Å². The Bertz CT molecular complexity index is 1050. The molecule has 0 N–H and O–H groups in total.